The van der Waals surface area contributed by atoms with Gasteiger partial charge in [0.2, 0.25) is 0 Å². The number of methoxy groups -OCH3 is 2. The van der Waals surface area contributed by atoms with Crippen molar-refractivity contribution in [3.05, 3.63) is 59.7 Å². The van der Waals surface area contributed by atoms with Gasteiger partial charge in [-0.1, -0.05) is 24.3 Å². The first-order valence-electron chi connectivity index (χ1n) is 17.4. The summed E-state index contributed by atoms with van der Waals surface area (Å²) in [7, 11) is 3.04. The number of ether oxygens (including phenoxy) is 5. The van der Waals surface area contributed by atoms with Gasteiger partial charge >= 0.3 is 6.09 Å². The van der Waals surface area contributed by atoms with Crippen molar-refractivity contribution < 1.29 is 43.2 Å². The quantitative estimate of drug-likeness (QED) is 0.245. The Balaban J connectivity index is 1.08. The predicted octanol–water partition coefficient (Wildman–Crippen LogP) is 5.37. The highest BCUT2D eigenvalue weighted by Crippen LogP contribution is 2.41. The molecule has 2 fully saturated rings. The number of fused-ring (bicyclic) bond motifs is 4. The summed E-state index contributed by atoms with van der Waals surface area (Å²) in [5, 5.41) is 13.9. The number of rotatable bonds is 10. The van der Waals surface area contributed by atoms with Gasteiger partial charge in [0.15, 0.2) is 23.0 Å². The molecule has 1 unspecified atom stereocenters. The summed E-state index contributed by atoms with van der Waals surface area (Å²) in [6.45, 7) is 15.4. The van der Waals surface area contributed by atoms with Crippen molar-refractivity contribution in [2.24, 2.45) is 0 Å². The Morgan fingerprint density at radius 3 is 2.08 bits per heavy atom. The zero-order valence-corrected chi connectivity index (χ0v) is 30.1. The Morgan fingerprint density at radius 2 is 1.43 bits per heavy atom. The van der Waals surface area contributed by atoms with E-state index in [1.54, 1.807) is 34.1 Å². The van der Waals surface area contributed by atoms with Crippen LogP contribution in [0.2, 0.25) is 0 Å². The minimum Gasteiger partial charge on any atom is -0.493 e. The van der Waals surface area contributed by atoms with E-state index in [4.69, 9.17) is 23.7 Å². The third kappa shape index (κ3) is 7.44. The van der Waals surface area contributed by atoms with Crippen molar-refractivity contribution in [3.8, 4) is 23.0 Å². The van der Waals surface area contributed by atoms with Crippen molar-refractivity contribution in [1.82, 2.24) is 9.80 Å². The van der Waals surface area contributed by atoms with Gasteiger partial charge < -0.3 is 43.9 Å². The third-order valence-electron chi connectivity index (χ3n) is 9.49. The molecule has 0 aromatic heterocycles. The van der Waals surface area contributed by atoms with Gasteiger partial charge in [0.1, 0.15) is 11.8 Å². The van der Waals surface area contributed by atoms with Crippen LogP contribution in [0.3, 0.4) is 0 Å². The summed E-state index contributed by atoms with van der Waals surface area (Å²) in [6, 6.07) is 6.08. The lowest BCUT2D eigenvalue weighted by Crippen LogP contribution is -2.43. The number of carbonyl (C=O) groups is 3. The van der Waals surface area contributed by atoms with Crippen LogP contribution < -0.4 is 29.2 Å². The predicted molar refractivity (Wildman–Crippen MR) is 191 cm³/mol. The second kappa shape index (κ2) is 14.4. The van der Waals surface area contributed by atoms with E-state index in [0.29, 0.717) is 97.5 Å². The van der Waals surface area contributed by atoms with Crippen molar-refractivity contribution in [1.29, 1.82) is 0 Å². The Hall–Kier alpha value is -4.91. The van der Waals surface area contributed by atoms with E-state index in [-0.39, 0.29) is 30.4 Å². The molecule has 3 amide bonds. The highest BCUT2D eigenvalue weighted by molar-refractivity contribution is 6.06. The standard InChI is InChI=1S/C38H48N4O9/c1-22-13-24-21-42(37(46)51-38(3,4)5)28-18-33(31(48-7)16-26(28)36(45)40(24)19-22)50-12-10-8-9-11-49-32-17-27-25(15-30(32)47-6)35(44)41-20-23(2)14-29(41)34(43)39-27/h15-18,24,29,34,39,43H,1-2,8-14,19-21H2,3-7H3/t24?,29-,34-/m0/s1. The average molecular weight is 705 g/mol. The van der Waals surface area contributed by atoms with E-state index in [9.17, 15) is 19.5 Å². The summed E-state index contributed by atoms with van der Waals surface area (Å²) in [5.74, 6) is 1.33. The number of nitrogens with one attached hydrogen (secondary N) is 1. The van der Waals surface area contributed by atoms with Crippen LogP contribution in [0.5, 0.6) is 23.0 Å². The van der Waals surface area contributed by atoms with Crippen LogP contribution in [-0.2, 0) is 4.74 Å². The first-order valence-corrected chi connectivity index (χ1v) is 17.4. The van der Waals surface area contributed by atoms with Crippen LogP contribution in [0.15, 0.2) is 48.6 Å². The molecule has 3 atom stereocenters. The Labute approximate surface area is 298 Å². The summed E-state index contributed by atoms with van der Waals surface area (Å²) in [5.41, 5.74) is 2.78. The van der Waals surface area contributed by atoms with Crippen molar-refractivity contribution in [2.45, 2.75) is 76.8 Å². The monoisotopic (exact) mass is 704 g/mol. The van der Waals surface area contributed by atoms with E-state index in [0.717, 1.165) is 17.6 Å². The van der Waals surface area contributed by atoms with E-state index in [1.165, 1.54) is 19.1 Å². The number of hydrogen-bond donors (Lipinski definition) is 2. The first-order chi connectivity index (χ1) is 24.3. The van der Waals surface area contributed by atoms with Crippen molar-refractivity contribution in [2.75, 3.05) is 57.3 Å². The molecule has 274 valence electrons. The van der Waals surface area contributed by atoms with Gasteiger partial charge in [-0.15, -0.1) is 0 Å². The molecule has 0 saturated carbocycles. The van der Waals surface area contributed by atoms with E-state index < -0.39 is 17.9 Å². The zero-order chi connectivity index (χ0) is 36.6. The van der Waals surface area contributed by atoms with Gasteiger partial charge in [0.05, 0.1) is 68.6 Å². The van der Waals surface area contributed by atoms with E-state index >= 15 is 0 Å². The van der Waals surface area contributed by atoms with Gasteiger partial charge in [-0.05, 0) is 65.0 Å². The lowest BCUT2D eigenvalue weighted by Gasteiger charge is -2.29. The fraction of sp³-hybridized carbons (Fsp3) is 0.500. The molecule has 13 heteroatoms. The molecule has 0 spiro atoms. The fourth-order valence-electron chi connectivity index (χ4n) is 7.07. The maximum Gasteiger partial charge on any atom is 0.414 e. The molecular formula is C38H48N4O9. The van der Waals surface area contributed by atoms with Gasteiger partial charge in [0, 0.05) is 25.2 Å². The third-order valence-corrected chi connectivity index (χ3v) is 9.49. The summed E-state index contributed by atoms with van der Waals surface area (Å²) < 4.78 is 29.2. The number of anilines is 2. The van der Waals surface area contributed by atoms with Gasteiger partial charge in [-0.25, -0.2) is 4.79 Å². The molecule has 2 aromatic rings. The molecule has 0 radical (unpaired) electrons. The fourth-order valence-corrected chi connectivity index (χ4v) is 7.07. The lowest BCUT2D eigenvalue weighted by atomic mass is 10.1. The Kier molecular flexibility index (Phi) is 10.1. The largest absolute Gasteiger partial charge is 0.493 e. The number of amides is 3. The number of benzene rings is 2. The molecule has 4 aliphatic rings. The molecule has 2 N–H and O–H groups in total. The number of aliphatic hydroxyl groups is 1. The second-order valence-corrected chi connectivity index (χ2v) is 14.5. The van der Waals surface area contributed by atoms with Crippen LogP contribution in [0, 0.1) is 0 Å². The SMILES string of the molecule is C=C1CC2CN(C(=O)OC(C)(C)C)c3cc(OCCCCCOc4cc5c(cc4OC)C(=O)N4CC(=C)C[C@H]4[C@H](O)N5)c(OC)cc3C(=O)N2C1. The van der Waals surface area contributed by atoms with Crippen LogP contribution >= 0.6 is 0 Å². The average Bonchev–Trinajstić information content (AvgIpc) is 3.61. The van der Waals surface area contributed by atoms with Crippen LogP contribution in [0.1, 0.15) is 73.6 Å². The van der Waals surface area contributed by atoms with Crippen LogP contribution in [0.4, 0.5) is 16.2 Å². The number of unbranched alkanes of at least 4 members (excludes halogenated alkanes) is 2. The van der Waals surface area contributed by atoms with E-state index in [2.05, 4.69) is 18.5 Å². The highest BCUT2D eigenvalue weighted by Gasteiger charge is 2.42. The second-order valence-electron chi connectivity index (χ2n) is 14.5. The number of hydrogen-bond acceptors (Lipinski definition) is 10. The van der Waals surface area contributed by atoms with Gasteiger partial charge in [0.25, 0.3) is 11.8 Å². The minimum absolute atomic E-state index is 0.190. The van der Waals surface area contributed by atoms with Crippen LogP contribution in [-0.4, -0.2) is 104 Å². The highest BCUT2D eigenvalue weighted by atomic mass is 16.6. The van der Waals surface area contributed by atoms with Crippen molar-refractivity contribution >= 4 is 29.3 Å². The molecular weight excluding hydrogens is 656 g/mol. The van der Waals surface area contributed by atoms with E-state index in [1.807, 2.05) is 20.8 Å². The number of carbonyl (C=O) groups excluding carboxylic acids is 3. The zero-order valence-electron chi connectivity index (χ0n) is 30.1. The Bertz CT molecular complexity index is 1730. The number of nitrogens with zero attached hydrogens (tertiary/aromatic N) is 3. The minimum atomic E-state index is -0.937. The normalized spacial score (nSPS) is 21.2. The van der Waals surface area contributed by atoms with Gasteiger partial charge in [-0.2, -0.15) is 0 Å². The lowest BCUT2D eigenvalue weighted by molar-refractivity contribution is 0.0565. The molecule has 51 heavy (non-hydrogen) atoms. The summed E-state index contributed by atoms with van der Waals surface area (Å²) in [6.07, 6.45) is 1.86. The summed E-state index contributed by atoms with van der Waals surface area (Å²) >= 11 is 0. The molecule has 2 aromatic carbocycles. The number of aliphatic hydroxyl groups excluding tert-OH is 1. The van der Waals surface area contributed by atoms with Gasteiger partial charge in [-0.3, -0.25) is 14.5 Å². The molecule has 0 aliphatic carbocycles. The summed E-state index contributed by atoms with van der Waals surface area (Å²) in [4.78, 5) is 45.4. The molecule has 6 rings (SSSR count). The first kappa shape index (κ1) is 35.9. The molecule has 4 aliphatic heterocycles. The molecule has 13 nitrogen and oxygen atoms in total. The van der Waals surface area contributed by atoms with Crippen LogP contribution in [0.25, 0.3) is 0 Å². The smallest absolute Gasteiger partial charge is 0.414 e. The Morgan fingerprint density at radius 1 is 0.843 bits per heavy atom. The maximum absolute atomic E-state index is 13.7. The maximum atomic E-state index is 13.7. The molecule has 2 saturated heterocycles. The molecule has 0 bridgehead atoms. The topological polar surface area (TPSA) is 139 Å². The molecule has 4 heterocycles. The van der Waals surface area contributed by atoms with Crippen molar-refractivity contribution in [3.63, 3.8) is 0 Å².